The quantitative estimate of drug-likeness (QED) is 0.666. The minimum Gasteiger partial charge on any atom is -0.293 e. The van der Waals surface area contributed by atoms with Crippen LogP contribution in [0, 0.1) is 18.6 Å². The van der Waals surface area contributed by atoms with Gasteiger partial charge in [-0.25, -0.2) is 23.4 Å². The molecule has 0 saturated carbocycles. The normalized spacial score (nSPS) is 11.9. The van der Waals surface area contributed by atoms with Crippen LogP contribution in [-0.2, 0) is 11.3 Å². The molecule has 3 aromatic rings. The summed E-state index contributed by atoms with van der Waals surface area (Å²) < 4.78 is 41.0. The zero-order valence-corrected chi connectivity index (χ0v) is 16.2. The Morgan fingerprint density at radius 3 is 2.47 bits per heavy atom. The average molecular weight is 417 g/mol. The Morgan fingerprint density at radius 1 is 1.13 bits per heavy atom. The van der Waals surface area contributed by atoms with E-state index < -0.39 is 42.2 Å². The standard InChI is InChI=1S/C20H18F3N5O2/c1-11-3-13(5-14(22)4-11)16-6-18(30)28(27-19(16)12(2)7-21)10-17(29)26-20-24-8-15(23)9-25-20/h3-6,8-9,12H,7,10H2,1-2H3,(H,24,25,26,29). The zero-order valence-electron chi connectivity index (χ0n) is 16.2. The molecule has 0 bridgehead atoms. The van der Waals surface area contributed by atoms with Crippen molar-refractivity contribution < 1.29 is 18.0 Å². The number of hydrogen-bond donors (Lipinski definition) is 1. The lowest BCUT2D eigenvalue weighted by molar-refractivity contribution is -0.117. The first-order chi connectivity index (χ1) is 14.3. The topological polar surface area (TPSA) is 89.8 Å². The van der Waals surface area contributed by atoms with E-state index in [4.69, 9.17) is 0 Å². The molecule has 0 aliphatic heterocycles. The van der Waals surface area contributed by atoms with Crippen molar-refractivity contribution >= 4 is 11.9 Å². The summed E-state index contributed by atoms with van der Waals surface area (Å²) in [6, 6.07) is 5.43. The zero-order chi connectivity index (χ0) is 21.8. The third-order valence-electron chi connectivity index (χ3n) is 4.24. The largest absolute Gasteiger partial charge is 0.293 e. The maximum Gasteiger partial charge on any atom is 0.267 e. The van der Waals surface area contributed by atoms with Crippen molar-refractivity contribution in [3.8, 4) is 11.1 Å². The molecule has 0 radical (unpaired) electrons. The van der Waals surface area contributed by atoms with Gasteiger partial charge < -0.3 is 0 Å². The smallest absolute Gasteiger partial charge is 0.267 e. The van der Waals surface area contributed by atoms with E-state index in [1.54, 1.807) is 19.9 Å². The molecule has 156 valence electrons. The molecular weight excluding hydrogens is 399 g/mol. The van der Waals surface area contributed by atoms with Crippen molar-refractivity contribution in [2.45, 2.75) is 26.3 Å². The predicted octanol–water partition coefficient (Wildman–Crippen LogP) is 3.00. The number of nitrogens with zero attached hydrogens (tertiary/aromatic N) is 4. The fourth-order valence-electron chi connectivity index (χ4n) is 2.86. The molecule has 0 spiro atoms. The first kappa shape index (κ1) is 21.2. The van der Waals surface area contributed by atoms with Gasteiger partial charge in [-0.1, -0.05) is 13.0 Å². The lowest BCUT2D eigenvalue weighted by Gasteiger charge is -2.16. The van der Waals surface area contributed by atoms with Crippen molar-refractivity contribution in [3.05, 3.63) is 69.9 Å². The molecule has 2 aromatic heterocycles. The Kier molecular flexibility index (Phi) is 6.24. The van der Waals surface area contributed by atoms with Crippen LogP contribution in [0.15, 0.2) is 41.5 Å². The van der Waals surface area contributed by atoms with E-state index in [1.807, 2.05) is 0 Å². The summed E-state index contributed by atoms with van der Waals surface area (Å²) in [6.45, 7) is 2.01. The Morgan fingerprint density at radius 2 is 1.83 bits per heavy atom. The van der Waals surface area contributed by atoms with E-state index in [9.17, 15) is 22.8 Å². The van der Waals surface area contributed by atoms with Gasteiger partial charge in [0, 0.05) is 17.5 Å². The molecule has 1 aromatic carbocycles. The van der Waals surface area contributed by atoms with Crippen molar-refractivity contribution in [2.24, 2.45) is 0 Å². The van der Waals surface area contributed by atoms with Crippen molar-refractivity contribution in [1.29, 1.82) is 0 Å². The van der Waals surface area contributed by atoms with Gasteiger partial charge in [-0.2, -0.15) is 5.10 Å². The van der Waals surface area contributed by atoms with Gasteiger partial charge in [0.1, 0.15) is 12.4 Å². The molecule has 0 aliphatic rings. The summed E-state index contributed by atoms with van der Waals surface area (Å²) in [5, 5.41) is 6.47. The summed E-state index contributed by atoms with van der Waals surface area (Å²) >= 11 is 0. The Labute approximate surface area is 169 Å². The lowest BCUT2D eigenvalue weighted by atomic mass is 9.97. The molecule has 0 fully saturated rings. The van der Waals surface area contributed by atoms with Crippen LogP contribution in [0.1, 0.15) is 24.1 Å². The Balaban J connectivity index is 1.95. The maximum atomic E-state index is 13.8. The molecule has 1 N–H and O–H groups in total. The van der Waals surface area contributed by atoms with Crippen molar-refractivity contribution in [1.82, 2.24) is 19.7 Å². The molecule has 1 atom stereocenters. The molecule has 10 heteroatoms. The van der Waals surface area contributed by atoms with E-state index in [0.29, 0.717) is 16.7 Å². The highest BCUT2D eigenvalue weighted by molar-refractivity contribution is 5.88. The van der Waals surface area contributed by atoms with Gasteiger partial charge >= 0.3 is 0 Å². The molecule has 3 rings (SSSR count). The summed E-state index contributed by atoms with van der Waals surface area (Å²) in [5.74, 6) is -2.67. The van der Waals surface area contributed by atoms with Gasteiger partial charge in [0.15, 0.2) is 5.82 Å². The Hall–Kier alpha value is -3.56. The number of aromatic nitrogens is 4. The van der Waals surface area contributed by atoms with Crippen LogP contribution in [0.5, 0.6) is 0 Å². The maximum absolute atomic E-state index is 13.8. The van der Waals surface area contributed by atoms with Crippen LogP contribution in [0.4, 0.5) is 19.1 Å². The molecule has 2 heterocycles. The molecule has 7 nitrogen and oxygen atoms in total. The number of benzene rings is 1. The number of amides is 1. The number of alkyl halides is 1. The average Bonchev–Trinajstić information content (AvgIpc) is 2.69. The molecular formula is C20H18F3N5O2. The highest BCUT2D eigenvalue weighted by Gasteiger charge is 2.19. The van der Waals surface area contributed by atoms with Gasteiger partial charge in [0.2, 0.25) is 11.9 Å². The van der Waals surface area contributed by atoms with Crippen LogP contribution >= 0.6 is 0 Å². The second-order valence-electron chi connectivity index (χ2n) is 6.78. The van der Waals surface area contributed by atoms with E-state index >= 15 is 0 Å². The number of anilines is 1. The highest BCUT2D eigenvalue weighted by Crippen LogP contribution is 2.28. The summed E-state index contributed by atoms with van der Waals surface area (Å²) in [5.41, 5.74) is 0.909. The third kappa shape index (κ3) is 4.88. The molecule has 0 aliphatic carbocycles. The van der Waals surface area contributed by atoms with Gasteiger partial charge in [-0.3, -0.25) is 19.3 Å². The number of carbonyl (C=O) groups excluding carboxylic acids is 1. The summed E-state index contributed by atoms with van der Waals surface area (Å²) in [4.78, 5) is 31.9. The van der Waals surface area contributed by atoms with E-state index in [-0.39, 0.29) is 11.6 Å². The Bertz CT molecular complexity index is 1110. The number of aryl methyl sites for hydroxylation is 1. The summed E-state index contributed by atoms with van der Waals surface area (Å²) in [6.07, 6.45) is 1.76. The first-order valence-corrected chi connectivity index (χ1v) is 9.00. The fraction of sp³-hybridized carbons (Fsp3) is 0.250. The third-order valence-corrected chi connectivity index (χ3v) is 4.24. The van der Waals surface area contributed by atoms with Gasteiger partial charge in [0.25, 0.3) is 5.56 Å². The van der Waals surface area contributed by atoms with Crippen LogP contribution < -0.4 is 10.9 Å². The minimum atomic E-state index is -0.762. The predicted molar refractivity (Wildman–Crippen MR) is 104 cm³/mol. The van der Waals surface area contributed by atoms with Crippen molar-refractivity contribution in [2.75, 3.05) is 12.0 Å². The molecule has 1 unspecified atom stereocenters. The van der Waals surface area contributed by atoms with Crippen LogP contribution in [0.2, 0.25) is 0 Å². The van der Waals surface area contributed by atoms with Gasteiger partial charge in [0.05, 0.1) is 24.8 Å². The van der Waals surface area contributed by atoms with Gasteiger partial charge in [-0.05, 0) is 30.2 Å². The highest BCUT2D eigenvalue weighted by atomic mass is 19.1. The van der Waals surface area contributed by atoms with Crippen LogP contribution in [0.3, 0.4) is 0 Å². The van der Waals surface area contributed by atoms with Crippen LogP contribution in [-0.4, -0.2) is 32.3 Å². The van der Waals surface area contributed by atoms with E-state index in [0.717, 1.165) is 17.1 Å². The number of halogens is 3. The lowest BCUT2D eigenvalue weighted by Crippen LogP contribution is -2.31. The minimum absolute atomic E-state index is 0.140. The monoisotopic (exact) mass is 417 g/mol. The summed E-state index contributed by atoms with van der Waals surface area (Å²) in [7, 11) is 0. The first-order valence-electron chi connectivity index (χ1n) is 9.00. The van der Waals surface area contributed by atoms with E-state index in [2.05, 4.69) is 20.4 Å². The SMILES string of the molecule is Cc1cc(F)cc(-c2cc(=O)n(CC(=O)Nc3ncc(F)cn3)nc2C(C)CF)c1. The van der Waals surface area contributed by atoms with Crippen LogP contribution in [0.25, 0.3) is 11.1 Å². The number of carbonyl (C=O) groups is 1. The van der Waals surface area contributed by atoms with Gasteiger partial charge in [-0.15, -0.1) is 0 Å². The second-order valence-corrected chi connectivity index (χ2v) is 6.78. The number of hydrogen-bond acceptors (Lipinski definition) is 5. The number of nitrogens with one attached hydrogen (secondary N) is 1. The van der Waals surface area contributed by atoms with Crippen molar-refractivity contribution in [3.63, 3.8) is 0 Å². The second kappa shape index (κ2) is 8.85. The molecule has 1 amide bonds. The fourth-order valence-corrected chi connectivity index (χ4v) is 2.86. The molecule has 0 saturated heterocycles. The number of rotatable bonds is 6. The van der Waals surface area contributed by atoms with E-state index in [1.165, 1.54) is 18.2 Å². The molecule has 30 heavy (non-hydrogen) atoms.